The lowest BCUT2D eigenvalue weighted by molar-refractivity contribution is 0.881. The predicted octanol–water partition coefficient (Wildman–Crippen LogP) is 0.185. The summed E-state index contributed by atoms with van der Waals surface area (Å²) < 4.78 is 0. The number of hydrogen-bond donors (Lipinski definition) is 1. The van der Waals surface area contributed by atoms with Crippen LogP contribution in [0.4, 0.5) is 0 Å². The molecule has 12 heavy (non-hydrogen) atoms. The van der Waals surface area contributed by atoms with Crippen molar-refractivity contribution < 1.29 is 0 Å². The maximum absolute atomic E-state index is 3.91. The van der Waals surface area contributed by atoms with Crippen LogP contribution in [0.15, 0.2) is 24.5 Å². The molecule has 0 aliphatic heterocycles. The van der Waals surface area contributed by atoms with Crippen molar-refractivity contribution >= 4 is 0 Å². The maximum atomic E-state index is 3.91. The molecule has 0 spiro atoms. The van der Waals surface area contributed by atoms with Crippen LogP contribution in [0.5, 0.6) is 0 Å². The van der Waals surface area contributed by atoms with E-state index in [1.165, 1.54) is 0 Å². The molecule has 1 N–H and O–H groups in total. The van der Waals surface area contributed by atoms with Crippen molar-refractivity contribution in [2.24, 2.45) is 0 Å². The van der Waals surface area contributed by atoms with E-state index < -0.39 is 0 Å². The van der Waals surface area contributed by atoms with E-state index in [2.05, 4.69) is 25.6 Å². The van der Waals surface area contributed by atoms with Crippen LogP contribution in [0.2, 0.25) is 0 Å². The number of rotatable bonds is 2. The van der Waals surface area contributed by atoms with E-state index in [-0.39, 0.29) is 0 Å². The van der Waals surface area contributed by atoms with Gasteiger partial charge in [-0.25, -0.2) is 0 Å². The van der Waals surface area contributed by atoms with E-state index >= 15 is 0 Å². The highest BCUT2D eigenvalue weighted by Gasteiger charge is 1.98. The number of tetrazole rings is 1. The Morgan fingerprint density at radius 1 is 1.25 bits per heavy atom. The first-order valence-corrected chi connectivity index (χ1v) is 3.56. The van der Waals surface area contributed by atoms with E-state index in [0.29, 0.717) is 12.2 Å². The number of pyridine rings is 1. The lowest BCUT2D eigenvalue weighted by Crippen LogP contribution is -1.90. The van der Waals surface area contributed by atoms with E-state index in [4.69, 9.17) is 0 Å². The number of aromatic nitrogens is 5. The van der Waals surface area contributed by atoms with Crippen LogP contribution >= 0.6 is 0 Å². The molecule has 5 nitrogen and oxygen atoms in total. The summed E-state index contributed by atoms with van der Waals surface area (Å²) in [6.07, 6.45) is 4.18. The molecule has 2 rings (SSSR count). The molecule has 0 radical (unpaired) electrons. The van der Waals surface area contributed by atoms with E-state index in [1.807, 2.05) is 12.1 Å². The first-order chi connectivity index (χ1) is 5.95. The molecule has 0 aliphatic carbocycles. The Kier molecular flexibility index (Phi) is 1.77. The number of H-pyrrole nitrogens is 1. The molecule has 60 valence electrons. The summed E-state index contributed by atoms with van der Waals surface area (Å²) in [4.78, 5) is 3.91. The third-order valence-corrected chi connectivity index (χ3v) is 1.50. The van der Waals surface area contributed by atoms with Crippen LogP contribution in [0, 0.1) is 0 Å². The molecule has 0 bridgehead atoms. The molecule has 0 unspecified atom stereocenters. The van der Waals surface area contributed by atoms with Crippen molar-refractivity contribution in [3.63, 3.8) is 0 Å². The van der Waals surface area contributed by atoms with Gasteiger partial charge in [0, 0.05) is 18.8 Å². The lowest BCUT2D eigenvalue weighted by atomic mass is 10.2. The molecule has 2 heterocycles. The summed E-state index contributed by atoms with van der Waals surface area (Å²) in [6, 6.07) is 3.85. The molecule has 0 atom stereocenters. The van der Waals surface area contributed by atoms with Crippen molar-refractivity contribution in [3.05, 3.63) is 35.9 Å². The van der Waals surface area contributed by atoms with Crippen LogP contribution in [0.25, 0.3) is 0 Å². The summed E-state index contributed by atoms with van der Waals surface area (Å²) in [6.45, 7) is 0. The van der Waals surface area contributed by atoms with Crippen LogP contribution in [-0.4, -0.2) is 25.6 Å². The first-order valence-electron chi connectivity index (χ1n) is 3.56. The standard InChI is InChI=1S/C7H7N5/c1-3-8-4-2-6(1)5-7-9-11-12-10-7/h1-4H,5H2,(H,9,10,11,12). The second kappa shape index (κ2) is 3.08. The van der Waals surface area contributed by atoms with Crippen LogP contribution in [0.1, 0.15) is 11.4 Å². The van der Waals surface area contributed by atoms with Gasteiger partial charge < -0.3 is 0 Å². The molecule has 5 heteroatoms. The molecule has 2 aromatic heterocycles. The summed E-state index contributed by atoms with van der Waals surface area (Å²) in [5, 5.41) is 13.6. The van der Waals surface area contributed by atoms with Gasteiger partial charge >= 0.3 is 0 Å². The Bertz CT molecular complexity index is 328. The Labute approximate surface area is 68.8 Å². The molecule has 0 aliphatic rings. The third-order valence-electron chi connectivity index (χ3n) is 1.50. The highest BCUT2D eigenvalue weighted by molar-refractivity contribution is 5.13. The van der Waals surface area contributed by atoms with Crippen molar-refractivity contribution in [1.29, 1.82) is 0 Å². The van der Waals surface area contributed by atoms with Crippen molar-refractivity contribution in [2.75, 3.05) is 0 Å². The number of nitrogens with zero attached hydrogens (tertiary/aromatic N) is 4. The second-order valence-corrected chi connectivity index (χ2v) is 2.36. The maximum Gasteiger partial charge on any atom is 0.178 e. The fourth-order valence-corrected chi connectivity index (χ4v) is 0.941. The van der Waals surface area contributed by atoms with E-state index in [9.17, 15) is 0 Å². The van der Waals surface area contributed by atoms with Crippen molar-refractivity contribution in [3.8, 4) is 0 Å². The summed E-state index contributed by atoms with van der Waals surface area (Å²) in [5.41, 5.74) is 1.13. The third kappa shape index (κ3) is 1.45. The van der Waals surface area contributed by atoms with Gasteiger partial charge in [-0.1, -0.05) is 5.21 Å². The molecule has 0 saturated carbocycles. The van der Waals surface area contributed by atoms with Crippen LogP contribution in [0.3, 0.4) is 0 Å². The second-order valence-electron chi connectivity index (χ2n) is 2.36. The lowest BCUT2D eigenvalue weighted by Gasteiger charge is -1.92. The Hall–Kier alpha value is -1.78. The predicted molar refractivity (Wildman–Crippen MR) is 41.2 cm³/mol. The summed E-state index contributed by atoms with van der Waals surface area (Å²) in [7, 11) is 0. The minimum atomic E-state index is 0.693. The van der Waals surface area contributed by atoms with E-state index in [1.54, 1.807) is 12.4 Å². The van der Waals surface area contributed by atoms with Gasteiger partial charge in [0.15, 0.2) is 5.82 Å². The zero-order valence-corrected chi connectivity index (χ0v) is 6.31. The molecule has 0 saturated heterocycles. The highest BCUT2D eigenvalue weighted by atomic mass is 15.5. The number of aromatic amines is 1. The topological polar surface area (TPSA) is 67.3 Å². The molecule has 0 aromatic carbocycles. The largest absolute Gasteiger partial charge is 0.265 e. The minimum absolute atomic E-state index is 0.693. The Morgan fingerprint density at radius 2 is 2.08 bits per heavy atom. The van der Waals surface area contributed by atoms with Gasteiger partial charge in [0.2, 0.25) is 0 Å². The van der Waals surface area contributed by atoms with Crippen LogP contribution in [-0.2, 0) is 6.42 Å². The van der Waals surface area contributed by atoms with Gasteiger partial charge in [-0.15, -0.1) is 10.2 Å². The smallest absolute Gasteiger partial charge is 0.178 e. The minimum Gasteiger partial charge on any atom is -0.265 e. The van der Waals surface area contributed by atoms with Crippen molar-refractivity contribution in [2.45, 2.75) is 6.42 Å². The highest BCUT2D eigenvalue weighted by Crippen LogP contribution is 2.00. The summed E-state index contributed by atoms with van der Waals surface area (Å²) >= 11 is 0. The fourth-order valence-electron chi connectivity index (χ4n) is 0.941. The van der Waals surface area contributed by atoms with Gasteiger partial charge in [0.25, 0.3) is 0 Å². The van der Waals surface area contributed by atoms with Gasteiger partial charge in [0.1, 0.15) is 0 Å². The summed E-state index contributed by atoms with van der Waals surface area (Å²) in [5.74, 6) is 0.696. The normalized spacial score (nSPS) is 10.0. The van der Waals surface area contributed by atoms with Crippen molar-refractivity contribution in [1.82, 2.24) is 25.6 Å². The Morgan fingerprint density at radius 3 is 2.75 bits per heavy atom. The zero-order chi connectivity index (χ0) is 8.23. The zero-order valence-electron chi connectivity index (χ0n) is 6.31. The quantitative estimate of drug-likeness (QED) is 0.682. The van der Waals surface area contributed by atoms with Gasteiger partial charge in [-0.05, 0) is 17.7 Å². The fraction of sp³-hybridized carbons (Fsp3) is 0.143. The molecule has 0 amide bonds. The van der Waals surface area contributed by atoms with Gasteiger partial charge in [-0.3, -0.25) is 4.98 Å². The average Bonchev–Trinajstić information content (AvgIpc) is 2.59. The number of hydrogen-bond acceptors (Lipinski definition) is 4. The number of nitrogens with one attached hydrogen (secondary N) is 1. The van der Waals surface area contributed by atoms with Gasteiger partial charge in [-0.2, -0.15) is 5.21 Å². The molecule has 0 fully saturated rings. The molecular formula is C7H7N5. The first kappa shape index (κ1) is 6.90. The average molecular weight is 161 g/mol. The van der Waals surface area contributed by atoms with E-state index in [0.717, 1.165) is 5.56 Å². The SMILES string of the molecule is c1cc(Cc2nn[nH]n2)ccn1. The van der Waals surface area contributed by atoms with Gasteiger partial charge in [0.05, 0.1) is 0 Å². The molecule has 2 aromatic rings. The monoisotopic (exact) mass is 161 g/mol. The molecular weight excluding hydrogens is 154 g/mol. The Balaban J connectivity index is 2.15. The van der Waals surface area contributed by atoms with Crippen LogP contribution < -0.4 is 0 Å².